The molecule has 0 aliphatic heterocycles. The van der Waals surface area contributed by atoms with Crippen molar-refractivity contribution in [3.05, 3.63) is 0 Å². The lowest BCUT2D eigenvalue weighted by molar-refractivity contribution is -0.119. The number of carbonyl (C=O) groups excluding carboxylic acids is 2. The molecule has 0 aliphatic carbocycles. The largest absolute Gasteiger partial charge is 0.300 e. The molecule has 0 N–H and O–H groups in total. The number of ketones is 2. The van der Waals surface area contributed by atoms with Gasteiger partial charge in [0.05, 0.1) is 0 Å². The van der Waals surface area contributed by atoms with Crippen LogP contribution in [0.3, 0.4) is 0 Å². The van der Waals surface area contributed by atoms with E-state index in [9.17, 15) is 9.59 Å². The topological polar surface area (TPSA) is 34.1 Å². The fourth-order valence-corrected chi connectivity index (χ4v) is 1.43. The van der Waals surface area contributed by atoms with E-state index in [-0.39, 0.29) is 0 Å². The first-order valence-corrected chi connectivity index (χ1v) is 7.09. The van der Waals surface area contributed by atoms with Crippen LogP contribution in [0.5, 0.6) is 0 Å². The van der Waals surface area contributed by atoms with E-state index in [4.69, 9.17) is 0 Å². The van der Waals surface area contributed by atoms with Gasteiger partial charge in [-0.1, -0.05) is 46.5 Å². The molecule has 102 valence electrons. The zero-order valence-electron chi connectivity index (χ0n) is 12.2. The summed E-state index contributed by atoms with van der Waals surface area (Å²) in [5.41, 5.74) is 0. The van der Waals surface area contributed by atoms with Crippen LogP contribution in [-0.4, -0.2) is 11.6 Å². The van der Waals surface area contributed by atoms with Crippen LogP contribution in [-0.2, 0) is 9.59 Å². The van der Waals surface area contributed by atoms with Crippen molar-refractivity contribution in [3.8, 4) is 0 Å². The first-order valence-electron chi connectivity index (χ1n) is 7.09. The number of hydrogen-bond donors (Lipinski definition) is 0. The summed E-state index contributed by atoms with van der Waals surface area (Å²) in [4.78, 5) is 20.9. The monoisotopic (exact) mass is 242 g/mol. The highest BCUT2D eigenvalue weighted by molar-refractivity contribution is 5.77. The summed E-state index contributed by atoms with van der Waals surface area (Å²) in [6.07, 6.45) is 9.45. The Morgan fingerprint density at radius 3 is 1.71 bits per heavy atom. The fourth-order valence-electron chi connectivity index (χ4n) is 1.43. The van der Waals surface area contributed by atoms with Gasteiger partial charge >= 0.3 is 0 Å². The van der Waals surface area contributed by atoms with Gasteiger partial charge in [0, 0.05) is 19.3 Å². The highest BCUT2D eigenvalue weighted by Gasteiger charge is 1.92. The Hall–Kier alpha value is -0.660. The van der Waals surface area contributed by atoms with Crippen LogP contribution >= 0.6 is 0 Å². The molecule has 0 heterocycles. The molecule has 0 radical (unpaired) electrons. The smallest absolute Gasteiger partial charge is 0.132 e. The summed E-state index contributed by atoms with van der Waals surface area (Å²) in [5.74, 6) is 0.707. The van der Waals surface area contributed by atoms with Gasteiger partial charge in [-0.25, -0.2) is 0 Å². The van der Waals surface area contributed by atoms with E-state index >= 15 is 0 Å². The molecule has 2 heteroatoms. The third-order valence-corrected chi connectivity index (χ3v) is 2.56. The molecule has 0 aromatic carbocycles. The van der Waals surface area contributed by atoms with Crippen molar-refractivity contribution in [2.45, 2.75) is 85.5 Å². The third kappa shape index (κ3) is 21.2. The van der Waals surface area contributed by atoms with E-state index in [0.717, 1.165) is 25.7 Å². The van der Waals surface area contributed by atoms with E-state index < -0.39 is 0 Å². The maximum Gasteiger partial charge on any atom is 0.132 e. The second-order valence-electron chi connectivity index (χ2n) is 4.51. The van der Waals surface area contributed by atoms with Gasteiger partial charge in [0.25, 0.3) is 0 Å². The average molecular weight is 242 g/mol. The molecule has 0 saturated carbocycles. The molecule has 0 fully saturated rings. The summed E-state index contributed by atoms with van der Waals surface area (Å²) < 4.78 is 0. The Bertz CT molecular complexity index is 185. The molecule has 0 aromatic rings. The molecule has 0 spiro atoms. The molecule has 0 rings (SSSR count). The molecular weight excluding hydrogens is 212 g/mol. The minimum absolute atomic E-state index is 0.330. The molecule has 17 heavy (non-hydrogen) atoms. The number of carbonyl (C=O) groups is 2. The van der Waals surface area contributed by atoms with Gasteiger partial charge in [-0.15, -0.1) is 0 Å². The van der Waals surface area contributed by atoms with Gasteiger partial charge in [-0.3, -0.25) is 4.79 Å². The van der Waals surface area contributed by atoms with Crippen molar-refractivity contribution >= 4 is 11.6 Å². The predicted molar refractivity (Wildman–Crippen MR) is 74.3 cm³/mol. The van der Waals surface area contributed by atoms with E-state index in [2.05, 4.69) is 6.92 Å². The first-order chi connectivity index (χ1) is 8.08. The summed E-state index contributed by atoms with van der Waals surface area (Å²) in [6, 6.07) is 0. The minimum atomic E-state index is 0.330. The van der Waals surface area contributed by atoms with Crippen LogP contribution < -0.4 is 0 Å². The van der Waals surface area contributed by atoms with Crippen LogP contribution in [0.2, 0.25) is 0 Å². The zero-order valence-corrected chi connectivity index (χ0v) is 12.2. The van der Waals surface area contributed by atoms with Crippen molar-refractivity contribution in [2.24, 2.45) is 0 Å². The van der Waals surface area contributed by atoms with Gasteiger partial charge in [0.2, 0.25) is 0 Å². The fraction of sp³-hybridized carbons (Fsp3) is 0.867. The van der Waals surface area contributed by atoms with Gasteiger partial charge in [-0.2, -0.15) is 0 Å². The van der Waals surface area contributed by atoms with Crippen LogP contribution in [0.15, 0.2) is 0 Å². The summed E-state index contributed by atoms with van der Waals surface area (Å²) in [6.45, 7) is 7.79. The van der Waals surface area contributed by atoms with E-state index in [0.29, 0.717) is 18.0 Å². The van der Waals surface area contributed by atoms with Crippen LogP contribution in [0.4, 0.5) is 0 Å². The lowest BCUT2D eigenvalue weighted by atomic mass is 10.1. The molecule has 0 saturated heterocycles. The second kappa shape index (κ2) is 15.3. The predicted octanol–water partition coefficient (Wildman–Crippen LogP) is 4.70. The summed E-state index contributed by atoms with van der Waals surface area (Å²) in [7, 11) is 0. The van der Waals surface area contributed by atoms with E-state index in [1.807, 2.05) is 13.8 Å². The van der Waals surface area contributed by atoms with Gasteiger partial charge < -0.3 is 4.79 Å². The average Bonchev–Trinajstić information content (AvgIpc) is 2.29. The maximum absolute atomic E-state index is 10.5. The molecule has 0 atom stereocenters. The highest BCUT2D eigenvalue weighted by Crippen LogP contribution is 2.04. The Labute approximate surface area is 107 Å². The van der Waals surface area contributed by atoms with Gasteiger partial charge in [-0.05, 0) is 19.8 Å². The van der Waals surface area contributed by atoms with Gasteiger partial charge in [0.1, 0.15) is 11.6 Å². The molecular formula is C15H30O2. The Balaban J connectivity index is 0. The van der Waals surface area contributed by atoms with Crippen molar-refractivity contribution in [2.75, 3.05) is 0 Å². The maximum atomic E-state index is 10.5. The molecule has 0 amide bonds. The lowest BCUT2D eigenvalue weighted by Crippen LogP contribution is -1.91. The summed E-state index contributed by atoms with van der Waals surface area (Å²) in [5, 5.41) is 0. The van der Waals surface area contributed by atoms with Gasteiger partial charge in [0.15, 0.2) is 0 Å². The van der Waals surface area contributed by atoms with Crippen LogP contribution in [0, 0.1) is 0 Å². The SMILES string of the molecule is CCCC(=O)CC.CCCCCCCC(C)=O. The Kier molecular flexibility index (Phi) is 16.9. The van der Waals surface area contributed by atoms with Crippen molar-refractivity contribution in [3.63, 3.8) is 0 Å². The first kappa shape index (κ1) is 18.7. The third-order valence-electron chi connectivity index (χ3n) is 2.56. The van der Waals surface area contributed by atoms with E-state index in [1.54, 1.807) is 6.92 Å². The highest BCUT2D eigenvalue weighted by atomic mass is 16.1. The lowest BCUT2D eigenvalue weighted by Gasteiger charge is -1.95. The van der Waals surface area contributed by atoms with Crippen LogP contribution in [0.1, 0.15) is 85.5 Å². The second-order valence-corrected chi connectivity index (χ2v) is 4.51. The minimum Gasteiger partial charge on any atom is -0.300 e. The zero-order chi connectivity index (χ0) is 13.5. The molecule has 0 aliphatic rings. The number of unbranched alkanes of at least 4 members (excludes halogenated alkanes) is 4. The normalized spacial score (nSPS) is 9.41. The Morgan fingerprint density at radius 1 is 0.765 bits per heavy atom. The molecule has 2 nitrogen and oxygen atoms in total. The Morgan fingerprint density at radius 2 is 1.35 bits per heavy atom. The quantitative estimate of drug-likeness (QED) is 0.549. The summed E-state index contributed by atoms with van der Waals surface area (Å²) >= 11 is 0. The number of rotatable bonds is 9. The number of Topliss-reactive ketones (excluding diaryl/α,β-unsaturated/α-hetero) is 2. The number of hydrogen-bond acceptors (Lipinski definition) is 2. The molecule has 0 unspecified atom stereocenters. The van der Waals surface area contributed by atoms with Crippen molar-refractivity contribution in [1.82, 2.24) is 0 Å². The molecule has 0 bridgehead atoms. The van der Waals surface area contributed by atoms with E-state index in [1.165, 1.54) is 25.7 Å². The standard InChI is InChI=1S/C9H18O.C6H12O/c1-3-4-5-6-7-8-9(2)10;1-3-5-6(7)4-2/h3-8H2,1-2H3;3-5H2,1-2H3. The molecule has 0 aromatic heterocycles. The van der Waals surface area contributed by atoms with Crippen molar-refractivity contribution in [1.29, 1.82) is 0 Å². The van der Waals surface area contributed by atoms with Crippen molar-refractivity contribution < 1.29 is 9.59 Å². The van der Waals surface area contributed by atoms with Crippen LogP contribution in [0.25, 0.3) is 0 Å².